The number of nitrogens with zero attached hydrogens (tertiary/aromatic N) is 1. The van der Waals surface area contributed by atoms with Gasteiger partial charge in [-0.15, -0.1) is 0 Å². The molecule has 0 radical (unpaired) electrons. The maximum Gasteiger partial charge on any atom is 0.309 e. The van der Waals surface area contributed by atoms with Crippen molar-refractivity contribution in [1.29, 1.82) is 0 Å². The Bertz CT molecular complexity index is 411. The molecule has 0 spiro atoms. The molecule has 0 heterocycles. The maximum absolute atomic E-state index is 12.2. The zero-order valence-electron chi connectivity index (χ0n) is 12.0. The van der Waals surface area contributed by atoms with E-state index in [2.05, 4.69) is 0 Å². The van der Waals surface area contributed by atoms with E-state index in [0.717, 1.165) is 18.8 Å². The number of carbonyl (C=O) groups excluding carboxylic acids is 1. The van der Waals surface area contributed by atoms with Crippen LogP contribution in [0, 0.1) is 45.6 Å². The first-order chi connectivity index (χ1) is 9.61. The van der Waals surface area contributed by atoms with Gasteiger partial charge in [0.2, 0.25) is 6.54 Å². The molecule has 0 saturated heterocycles. The van der Waals surface area contributed by atoms with E-state index in [0.29, 0.717) is 24.4 Å². The summed E-state index contributed by atoms with van der Waals surface area (Å²) in [7, 11) is 0. The summed E-state index contributed by atoms with van der Waals surface area (Å²) in [6.07, 6.45) is 5.55. The third-order valence-corrected chi connectivity index (χ3v) is 5.93. The van der Waals surface area contributed by atoms with Gasteiger partial charge in [0.25, 0.3) is 0 Å². The quantitative estimate of drug-likeness (QED) is 0.451. The Morgan fingerprint density at radius 1 is 1.25 bits per heavy atom. The molecule has 5 heteroatoms. The first-order valence-electron chi connectivity index (χ1n) is 7.90. The Hall–Kier alpha value is -1.13. The average Bonchev–Trinajstić information content (AvgIpc) is 2.97. The summed E-state index contributed by atoms with van der Waals surface area (Å²) < 4.78 is 5.19. The van der Waals surface area contributed by atoms with Crippen molar-refractivity contribution in [3.63, 3.8) is 0 Å². The summed E-state index contributed by atoms with van der Waals surface area (Å²) in [5, 5.41) is 11.0. The second-order valence-corrected chi connectivity index (χ2v) is 6.69. The molecule has 0 aliphatic heterocycles. The van der Waals surface area contributed by atoms with Gasteiger partial charge < -0.3 is 4.74 Å². The highest BCUT2D eigenvalue weighted by Crippen LogP contribution is 2.59. The number of hydrogen-bond acceptors (Lipinski definition) is 4. The Kier molecular flexibility index (Phi) is 3.69. The first kappa shape index (κ1) is 13.8. The van der Waals surface area contributed by atoms with Crippen molar-refractivity contribution < 1.29 is 14.5 Å². The molecule has 5 nitrogen and oxygen atoms in total. The second kappa shape index (κ2) is 5.34. The smallest absolute Gasteiger partial charge is 0.309 e. The van der Waals surface area contributed by atoms with Crippen molar-refractivity contribution in [3.05, 3.63) is 10.1 Å². The molecule has 6 atom stereocenters. The Balaban J connectivity index is 1.84. The van der Waals surface area contributed by atoms with Gasteiger partial charge in [-0.25, -0.2) is 0 Å². The van der Waals surface area contributed by atoms with Crippen molar-refractivity contribution in [1.82, 2.24) is 0 Å². The molecule has 20 heavy (non-hydrogen) atoms. The van der Waals surface area contributed by atoms with Crippen LogP contribution in [0.2, 0.25) is 0 Å². The molecule has 0 N–H and O–H groups in total. The fourth-order valence-electron chi connectivity index (χ4n) is 5.36. The van der Waals surface area contributed by atoms with Crippen LogP contribution >= 0.6 is 0 Å². The molecule has 0 aromatic rings. The fourth-order valence-corrected chi connectivity index (χ4v) is 5.36. The standard InChI is InChI=1S/C15H23NO4/c1-2-20-15(17)12-7-10-4-3-9-5-6-11(14(9)10)13(12)8-16(18)19/h9-14H,2-8H2,1H3/t9-,10+,11-,12?,13?,14+/m0/s1. The monoisotopic (exact) mass is 281 g/mol. The molecule has 3 fully saturated rings. The SMILES string of the molecule is CCOC(=O)C1C[C@H]2CC[C@H]3CC[C@@H](C1C[N+](=O)[O-])[C@H]32. The van der Waals surface area contributed by atoms with Crippen LogP contribution in [0.5, 0.6) is 0 Å². The first-order valence-corrected chi connectivity index (χ1v) is 7.90. The number of carbonyl (C=O) groups is 1. The third-order valence-electron chi connectivity index (χ3n) is 5.93. The summed E-state index contributed by atoms with van der Waals surface area (Å²) in [5.41, 5.74) is 0. The van der Waals surface area contributed by atoms with Gasteiger partial charge in [-0.3, -0.25) is 14.9 Å². The lowest BCUT2D eigenvalue weighted by atomic mass is 9.63. The normalized spacial score (nSPS) is 42.2. The highest BCUT2D eigenvalue weighted by molar-refractivity contribution is 5.73. The molecule has 3 saturated carbocycles. The summed E-state index contributed by atoms with van der Waals surface area (Å²) >= 11 is 0. The fraction of sp³-hybridized carbons (Fsp3) is 0.933. The van der Waals surface area contributed by atoms with Gasteiger partial charge in [-0.1, -0.05) is 0 Å². The minimum absolute atomic E-state index is 0.0654. The van der Waals surface area contributed by atoms with Crippen LogP contribution in [0.1, 0.15) is 39.0 Å². The number of esters is 1. The molecular formula is C15H23NO4. The van der Waals surface area contributed by atoms with Crippen LogP contribution < -0.4 is 0 Å². The Labute approximate surface area is 119 Å². The van der Waals surface area contributed by atoms with Gasteiger partial charge in [-0.2, -0.15) is 0 Å². The van der Waals surface area contributed by atoms with Crippen molar-refractivity contribution in [2.75, 3.05) is 13.2 Å². The van der Waals surface area contributed by atoms with E-state index >= 15 is 0 Å². The summed E-state index contributed by atoms with van der Waals surface area (Å²) in [6.45, 7) is 2.10. The molecule has 3 aliphatic carbocycles. The lowest BCUT2D eigenvalue weighted by Crippen LogP contribution is -2.44. The van der Waals surface area contributed by atoms with E-state index in [1.54, 1.807) is 6.92 Å². The van der Waals surface area contributed by atoms with Crippen molar-refractivity contribution >= 4 is 5.97 Å². The van der Waals surface area contributed by atoms with E-state index in [4.69, 9.17) is 4.74 Å². The molecule has 0 bridgehead atoms. The second-order valence-electron chi connectivity index (χ2n) is 6.69. The highest BCUT2D eigenvalue weighted by Gasteiger charge is 2.56. The topological polar surface area (TPSA) is 69.4 Å². The van der Waals surface area contributed by atoms with E-state index in [1.165, 1.54) is 19.3 Å². The van der Waals surface area contributed by atoms with Gasteiger partial charge in [-0.05, 0) is 62.7 Å². The van der Waals surface area contributed by atoms with Crippen LogP contribution in [0.15, 0.2) is 0 Å². The summed E-state index contributed by atoms with van der Waals surface area (Å²) in [6, 6.07) is 0. The van der Waals surface area contributed by atoms with E-state index in [1.807, 2.05) is 0 Å². The van der Waals surface area contributed by atoms with E-state index in [-0.39, 0.29) is 29.3 Å². The minimum atomic E-state index is -0.247. The van der Waals surface area contributed by atoms with Crippen LogP contribution in [-0.2, 0) is 9.53 Å². The average molecular weight is 281 g/mol. The number of rotatable bonds is 4. The molecule has 0 aromatic carbocycles. The predicted octanol–water partition coefficient (Wildman–Crippen LogP) is 2.51. The lowest BCUT2D eigenvalue weighted by molar-refractivity contribution is -0.493. The molecule has 0 amide bonds. The largest absolute Gasteiger partial charge is 0.466 e. The Morgan fingerprint density at radius 2 is 1.95 bits per heavy atom. The number of nitro groups is 1. The highest BCUT2D eigenvalue weighted by atomic mass is 16.6. The maximum atomic E-state index is 12.2. The van der Waals surface area contributed by atoms with Gasteiger partial charge in [0.15, 0.2) is 0 Å². The molecule has 112 valence electrons. The van der Waals surface area contributed by atoms with E-state index < -0.39 is 0 Å². The van der Waals surface area contributed by atoms with Crippen LogP contribution in [-0.4, -0.2) is 24.0 Å². The molecule has 3 aliphatic rings. The van der Waals surface area contributed by atoms with Gasteiger partial charge in [0, 0.05) is 10.8 Å². The van der Waals surface area contributed by atoms with E-state index in [9.17, 15) is 14.9 Å². The zero-order valence-corrected chi connectivity index (χ0v) is 12.0. The number of ether oxygens (including phenoxy) is 1. The zero-order chi connectivity index (χ0) is 14.3. The molecule has 2 unspecified atom stereocenters. The van der Waals surface area contributed by atoms with Gasteiger partial charge in [0.05, 0.1) is 12.5 Å². The Morgan fingerprint density at radius 3 is 2.65 bits per heavy atom. The number of hydrogen-bond donors (Lipinski definition) is 0. The molecular weight excluding hydrogens is 258 g/mol. The van der Waals surface area contributed by atoms with Crippen LogP contribution in [0.25, 0.3) is 0 Å². The third kappa shape index (κ3) is 2.21. The molecule has 0 aromatic heterocycles. The van der Waals surface area contributed by atoms with Crippen molar-refractivity contribution in [3.8, 4) is 0 Å². The lowest BCUT2D eigenvalue weighted by Gasteiger charge is -2.40. The minimum Gasteiger partial charge on any atom is -0.466 e. The van der Waals surface area contributed by atoms with Crippen molar-refractivity contribution in [2.24, 2.45) is 35.5 Å². The summed E-state index contributed by atoms with van der Waals surface area (Å²) in [4.78, 5) is 23.0. The van der Waals surface area contributed by atoms with Crippen molar-refractivity contribution in [2.45, 2.75) is 39.0 Å². The van der Waals surface area contributed by atoms with Crippen LogP contribution in [0.4, 0.5) is 0 Å². The molecule has 3 rings (SSSR count). The van der Waals surface area contributed by atoms with Gasteiger partial charge >= 0.3 is 5.97 Å². The summed E-state index contributed by atoms with van der Waals surface area (Å²) in [5.74, 6) is 1.84. The van der Waals surface area contributed by atoms with Crippen LogP contribution in [0.3, 0.4) is 0 Å². The van der Waals surface area contributed by atoms with Gasteiger partial charge in [0.1, 0.15) is 0 Å². The predicted molar refractivity (Wildman–Crippen MR) is 72.5 cm³/mol.